The minimum absolute atomic E-state index is 0.128. The highest BCUT2D eigenvalue weighted by Crippen LogP contribution is 2.45. The maximum atomic E-state index is 14.8. The Labute approximate surface area is 205 Å². The van der Waals surface area contributed by atoms with Gasteiger partial charge in [-0.25, -0.2) is 17.5 Å². The first-order valence-electron chi connectivity index (χ1n) is 11.6. The zero-order valence-corrected chi connectivity index (χ0v) is 21.0. The predicted molar refractivity (Wildman–Crippen MR) is 129 cm³/mol. The molecule has 2 aliphatic rings. The normalized spacial score (nSPS) is 18.7. The number of carbonyl (C=O) groups excluding carboxylic acids is 1. The first kappa shape index (κ1) is 25.2. The van der Waals surface area contributed by atoms with Crippen LogP contribution in [0.15, 0.2) is 30.3 Å². The molecule has 1 amide bonds. The molecule has 0 radical (unpaired) electrons. The Hall–Kier alpha value is -2.85. The van der Waals surface area contributed by atoms with Crippen LogP contribution in [-0.2, 0) is 16.6 Å². The molecule has 2 fully saturated rings. The zero-order chi connectivity index (χ0) is 25.2. The summed E-state index contributed by atoms with van der Waals surface area (Å²) in [6, 6.07) is 8.51. The molecular formula is C25H31FN2O6S. The van der Waals surface area contributed by atoms with Gasteiger partial charge in [0.2, 0.25) is 10.0 Å². The van der Waals surface area contributed by atoms with E-state index in [9.17, 15) is 17.6 Å². The fourth-order valence-corrected chi connectivity index (χ4v) is 4.90. The van der Waals surface area contributed by atoms with Crippen molar-refractivity contribution in [3.63, 3.8) is 0 Å². The lowest BCUT2D eigenvalue weighted by molar-refractivity contribution is 0.0832. The van der Waals surface area contributed by atoms with Crippen LogP contribution in [0.3, 0.4) is 0 Å². The Bertz CT molecular complexity index is 1200. The number of likely N-dealkylation sites (tertiary alicyclic amines) is 1. The van der Waals surface area contributed by atoms with Crippen LogP contribution in [0.1, 0.15) is 53.1 Å². The summed E-state index contributed by atoms with van der Waals surface area (Å²) in [6.45, 7) is 2.31. The Kier molecular flexibility index (Phi) is 7.51. The van der Waals surface area contributed by atoms with E-state index in [1.807, 2.05) is 22.9 Å². The fourth-order valence-electron chi connectivity index (χ4n) is 4.45. The first-order chi connectivity index (χ1) is 16.7. The van der Waals surface area contributed by atoms with E-state index in [1.165, 1.54) is 12.1 Å². The Morgan fingerprint density at radius 1 is 1.09 bits per heavy atom. The lowest BCUT2D eigenvalue weighted by Crippen LogP contribution is -2.40. The summed E-state index contributed by atoms with van der Waals surface area (Å²) in [7, 11) is -0.582. The van der Waals surface area contributed by atoms with Crippen molar-refractivity contribution in [1.82, 2.24) is 9.62 Å². The van der Waals surface area contributed by atoms with Crippen molar-refractivity contribution in [3.05, 3.63) is 52.8 Å². The number of ether oxygens (including phenoxy) is 3. The second-order valence-electron chi connectivity index (χ2n) is 9.15. The molecule has 2 aromatic rings. The molecule has 1 aliphatic heterocycles. The van der Waals surface area contributed by atoms with Gasteiger partial charge in [0.1, 0.15) is 17.7 Å². The van der Waals surface area contributed by atoms with Gasteiger partial charge in [0.15, 0.2) is 11.5 Å². The van der Waals surface area contributed by atoms with E-state index >= 15 is 0 Å². The Balaban J connectivity index is 1.48. The van der Waals surface area contributed by atoms with Crippen molar-refractivity contribution in [2.75, 3.05) is 33.6 Å². The van der Waals surface area contributed by atoms with Gasteiger partial charge >= 0.3 is 0 Å². The van der Waals surface area contributed by atoms with E-state index in [1.54, 1.807) is 14.2 Å². The van der Waals surface area contributed by atoms with Crippen molar-refractivity contribution < 1.29 is 31.8 Å². The van der Waals surface area contributed by atoms with Gasteiger partial charge < -0.3 is 14.2 Å². The standard InChI is InChI=1S/C25H31FN2O6S/c1-32-22-9-6-16(11-24(22)33-2)14-28-10-4-5-18(15-28)34-23-13-21(26)20(12-19(23)17-7-8-17)25(29)27-35(3,30)31/h6,9,11-13,17-18H,4-5,7-8,10,14-15H2,1-3H3,(H,27,29). The van der Waals surface area contributed by atoms with Crippen LogP contribution in [0.5, 0.6) is 17.2 Å². The summed E-state index contributed by atoms with van der Waals surface area (Å²) < 4.78 is 56.5. The summed E-state index contributed by atoms with van der Waals surface area (Å²) in [5.74, 6) is 0.195. The number of hydrogen-bond donors (Lipinski definition) is 1. The highest BCUT2D eigenvalue weighted by Gasteiger charge is 2.31. The van der Waals surface area contributed by atoms with Crippen molar-refractivity contribution >= 4 is 15.9 Å². The summed E-state index contributed by atoms with van der Waals surface area (Å²) in [6.07, 6.45) is 4.35. The van der Waals surface area contributed by atoms with Gasteiger partial charge in [-0.1, -0.05) is 6.07 Å². The fraction of sp³-hybridized carbons (Fsp3) is 0.480. The third kappa shape index (κ3) is 6.43. The number of sulfonamides is 1. The van der Waals surface area contributed by atoms with Gasteiger partial charge in [-0.15, -0.1) is 0 Å². The molecule has 10 heteroatoms. The molecule has 8 nitrogen and oxygen atoms in total. The lowest BCUT2D eigenvalue weighted by Gasteiger charge is -2.33. The number of hydrogen-bond acceptors (Lipinski definition) is 7. The van der Waals surface area contributed by atoms with E-state index in [0.29, 0.717) is 30.3 Å². The molecular weight excluding hydrogens is 475 g/mol. The molecule has 190 valence electrons. The van der Waals surface area contributed by atoms with Crippen LogP contribution in [0, 0.1) is 5.82 Å². The van der Waals surface area contributed by atoms with Gasteiger partial charge in [0, 0.05) is 19.2 Å². The van der Waals surface area contributed by atoms with Crippen LogP contribution in [-0.4, -0.2) is 58.9 Å². The van der Waals surface area contributed by atoms with Crippen LogP contribution in [0.4, 0.5) is 4.39 Å². The average Bonchev–Trinajstić information content (AvgIpc) is 3.63. The van der Waals surface area contributed by atoms with Crippen LogP contribution < -0.4 is 18.9 Å². The SMILES string of the molecule is COc1ccc(CN2CCCC(Oc3cc(F)c(C(=O)NS(C)(=O)=O)cc3C3CC3)C2)cc1OC. The minimum atomic E-state index is -3.80. The molecule has 1 saturated carbocycles. The molecule has 1 saturated heterocycles. The number of rotatable bonds is 9. The monoisotopic (exact) mass is 506 g/mol. The highest BCUT2D eigenvalue weighted by atomic mass is 32.2. The second-order valence-corrected chi connectivity index (χ2v) is 10.9. The van der Waals surface area contributed by atoms with Crippen molar-refractivity contribution in [2.24, 2.45) is 0 Å². The maximum absolute atomic E-state index is 14.8. The molecule has 2 aromatic carbocycles. The quantitative estimate of drug-likeness (QED) is 0.557. The number of carbonyl (C=O) groups is 1. The van der Waals surface area contributed by atoms with Crippen molar-refractivity contribution in [3.8, 4) is 17.2 Å². The van der Waals surface area contributed by atoms with Crippen LogP contribution >= 0.6 is 0 Å². The zero-order valence-electron chi connectivity index (χ0n) is 20.2. The molecule has 1 N–H and O–H groups in total. The van der Waals surface area contributed by atoms with Gasteiger partial charge in [-0.05, 0) is 67.5 Å². The van der Waals surface area contributed by atoms with Gasteiger partial charge in [-0.3, -0.25) is 9.69 Å². The molecule has 4 rings (SSSR count). The molecule has 1 atom stereocenters. The smallest absolute Gasteiger partial charge is 0.267 e. The van der Waals surface area contributed by atoms with E-state index in [4.69, 9.17) is 14.2 Å². The van der Waals surface area contributed by atoms with E-state index < -0.39 is 21.7 Å². The molecule has 0 spiro atoms. The largest absolute Gasteiger partial charge is 0.493 e. The van der Waals surface area contributed by atoms with Crippen molar-refractivity contribution in [1.29, 1.82) is 0 Å². The van der Waals surface area contributed by atoms with E-state index in [2.05, 4.69) is 4.90 Å². The number of nitrogens with zero attached hydrogens (tertiary/aromatic N) is 1. The van der Waals surface area contributed by atoms with E-state index in [-0.39, 0.29) is 17.6 Å². The maximum Gasteiger partial charge on any atom is 0.267 e. The van der Waals surface area contributed by atoms with Crippen LogP contribution in [0.2, 0.25) is 0 Å². The lowest BCUT2D eigenvalue weighted by atomic mass is 10.0. The number of piperidine rings is 1. The summed E-state index contributed by atoms with van der Waals surface area (Å²) in [5, 5.41) is 0. The Morgan fingerprint density at radius 2 is 1.83 bits per heavy atom. The Morgan fingerprint density at radius 3 is 2.49 bits per heavy atom. The number of halogens is 1. The molecule has 0 bridgehead atoms. The summed E-state index contributed by atoms with van der Waals surface area (Å²) >= 11 is 0. The number of amides is 1. The molecule has 0 aromatic heterocycles. The van der Waals surface area contributed by atoms with Crippen LogP contribution in [0.25, 0.3) is 0 Å². The highest BCUT2D eigenvalue weighted by molar-refractivity contribution is 7.89. The average molecular weight is 507 g/mol. The second kappa shape index (κ2) is 10.4. The molecule has 1 aliphatic carbocycles. The molecule has 1 heterocycles. The third-order valence-corrected chi connectivity index (χ3v) is 6.81. The molecule has 1 unspecified atom stereocenters. The van der Waals surface area contributed by atoms with Gasteiger partial charge in [-0.2, -0.15) is 0 Å². The topological polar surface area (TPSA) is 94.2 Å². The number of benzene rings is 2. The first-order valence-corrected chi connectivity index (χ1v) is 13.5. The predicted octanol–water partition coefficient (Wildman–Crippen LogP) is 3.45. The number of nitrogens with one attached hydrogen (secondary N) is 1. The molecule has 35 heavy (non-hydrogen) atoms. The van der Waals surface area contributed by atoms with Gasteiger partial charge in [0.25, 0.3) is 5.91 Å². The van der Waals surface area contributed by atoms with Gasteiger partial charge in [0.05, 0.1) is 26.0 Å². The van der Waals surface area contributed by atoms with Crippen molar-refractivity contribution in [2.45, 2.75) is 44.2 Å². The summed E-state index contributed by atoms with van der Waals surface area (Å²) in [5.41, 5.74) is 1.56. The summed E-state index contributed by atoms with van der Waals surface area (Å²) in [4.78, 5) is 14.6. The van der Waals surface area contributed by atoms with E-state index in [0.717, 1.165) is 49.6 Å². The number of methoxy groups -OCH3 is 2. The third-order valence-electron chi connectivity index (χ3n) is 6.25. The minimum Gasteiger partial charge on any atom is -0.493 e.